The first kappa shape index (κ1) is 9.50. The molecule has 1 nitrogen and oxygen atoms in total. The third-order valence-corrected chi connectivity index (χ3v) is 8.76. The van der Waals surface area contributed by atoms with Crippen LogP contribution in [0.2, 0.25) is 5.28 Å². The van der Waals surface area contributed by atoms with Crippen LogP contribution in [0, 0.1) is 5.92 Å². The van der Waals surface area contributed by atoms with E-state index in [1.807, 2.05) is 0 Å². The Labute approximate surface area is 70.9 Å². The average molecular weight is 209 g/mol. The van der Waals surface area contributed by atoms with Crippen molar-refractivity contribution in [3.8, 4) is 0 Å². The topological polar surface area (TPSA) is 9.23 Å². The van der Waals surface area contributed by atoms with Crippen LogP contribution in [0.1, 0.15) is 13.8 Å². The first-order valence-electron chi connectivity index (χ1n) is 2.83. The molecule has 0 aromatic rings. The van der Waals surface area contributed by atoms with Crippen molar-refractivity contribution in [3.63, 3.8) is 0 Å². The van der Waals surface area contributed by atoms with E-state index in [-0.39, 0.29) is 0 Å². The molecule has 0 bridgehead atoms. The quantitative estimate of drug-likeness (QED) is 0.632. The molecule has 0 rings (SSSR count). The van der Waals surface area contributed by atoms with Gasteiger partial charge in [0.15, 0.2) is 0 Å². The maximum absolute atomic E-state index is 5.26. The van der Waals surface area contributed by atoms with Gasteiger partial charge in [-0.2, -0.15) is 14.1 Å². The second-order valence-electron chi connectivity index (χ2n) is 2.28. The maximum Gasteiger partial charge on any atom is 0.526 e. The van der Waals surface area contributed by atoms with Crippen molar-refractivity contribution in [2.45, 2.75) is 19.1 Å². The molecule has 0 aliphatic heterocycles. The highest BCUT2D eigenvalue weighted by Crippen LogP contribution is 2.09. The first-order chi connectivity index (χ1) is 3.66. The fourth-order valence-corrected chi connectivity index (χ4v) is 4.22. The standard InChI is InChI=1S/C4H9.2Al.BrH.O.2H/c1-4(2)3;;;;;;/h4H,1H2,2-3H3;;;1H;;;/q;;+1;;;;/p-1. The Hall–Kier alpha value is 1.50. The van der Waals surface area contributed by atoms with E-state index in [2.05, 4.69) is 27.9 Å². The van der Waals surface area contributed by atoms with Gasteiger partial charge in [0.2, 0.25) is 0 Å². The predicted octanol–water partition coefficient (Wildman–Crippen LogP) is 1.09. The summed E-state index contributed by atoms with van der Waals surface area (Å²) < 4.78 is 5.26. The third kappa shape index (κ3) is 5.64. The van der Waals surface area contributed by atoms with E-state index in [0.717, 1.165) is 22.5 Å². The molecule has 0 N–H and O–H groups in total. The molecule has 0 saturated heterocycles. The second-order valence-corrected chi connectivity index (χ2v) is 8.52. The lowest BCUT2D eigenvalue weighted by Crippen LogP contribution is -2.09. The molecule has 0 heterocycles. The fraction of sp³-hybridized carbons (Fsp3) is 1.00. The number of halogens is 1. The van der Waals surface area contributed by atoms with Gasteiger partial charge in [-0.3, -0.25) is 0 Å². The highest BCUT2D eigenvalue weighted by molar-refractivity contribution is 9.24. The molecule has 0 atom stereocenters. The molecule has 0 amide bonds. The molecule has 0 aliphatic rings. The number of hydrogen-bond acceptors (Lipinski definition) is 1. The largest absolute Gasteiger partial charge is 0.633 e. The van der Waals surface area contributed by atoms with Crippen molar-refractivity contribution in [3.05, 3.63) is 0 Å². The lowest BCUT2D eigenvalue weighted by Gasteiger charge is -2.04. The van der Waals surface area contributed by atoms with Crippen LogP contribution < -0.4 is 0 Å². The molecule has 0 saturated carbocycles. The minimum atomic E-state index is -0.865. The van der Waals surface area contributed by atoms with Gasteiger partial charge in [0.25, 0.3) is 0 Å². The molecule has 46 valence electrons. The molecule has 0 radical (unpaired) electrons. The van der Waals surface area contributed by atoms with Crippen LogP contribution in [0.5, 0.6) is 0 Å². The Balaban J connectivity index is 3.10. The van der Waals surface area contributed by atoms with Gasteiger partial charge in [-0.05, 0) is 0 Å². The predicted molar refractivity (Wildman–Crippen MR) is 44.0 cm³/mol. The Morgan fingerprint density at radius 3 is 2.38 bits per heavy atom. The van der Waals surface area contributed by atoms with Gasteiger partial charge < -0.3 is 2.84 Å². The van der Waals surface area contributed by atoms with E-state index in [0.29, 0.717) is 0 Å². The van der Waals surface area contributed by atoms with Gasteiger partial charge in [0.05, 0.1) is 0 Å². The van der Waals surface area contributed by atoms with Gasteiger partial charge in [0.1, 0.15) is 0 Å². The summed E-state index contributed by atoms with van der Waals surface area (Å²) in [6, 6.07) is 0. The highest BCUT2D eigenvalue weighted by atomic mass is 79.9. The molecule has 0 fully saturated rings. The molecule has 0 unspecified atom stereocenters. The summed E-state index contributed by atoms with van der Waals surface area (Å²) >= 11 is 3.56. The zero-order valence-corrected chi connectivity index (χ0v) is 10.4. The summed E-state index contributed by atoms with van der Waals surface area (Å²) in [4.78, 5) is 0. The van der Waals surface area contributed by atoms with Crippen LogP contribution in [0.25, 0.3) is 0 Å². The minimum Gasteiger partial charge on any atom is -0.633 e. The van der Waals surface area contributed by atoms with Crippen LogP contribution in [0.3, 0.4) is 0 Å². The van der Waals surface area contributed by atoms with Crippen LogP contribution in [-0.4, -0.2) is 29.3 Å². The van der Waals surface area contributed by atoms with E-state index in [4.69, 9.17) is 2.84 Å². The maximum atomic E-state index is 5.26. The molecule has 0 aromatic heterocycles. The summed E-state index contributed by atoms with van der Waals surface area (Å²) in [5.41, 5.74) is 0. The monoisotopic (exact) mass is 208 g/mol. The summed E-state index contributed by atoms with van der Waals surface area (Å²) in [6.45, 7) is 4.45. The van der Waals surface area contributed by atoms with Gasteiger partial charge in [-0.15, -0.1) is 0 Å². The molecule has 8 heavy (non-hydrogen) atoms. The zero-order valence-electron chi connectivity index (χ0n) is 5.65. The molecular formula is C4H11Al2BrO. The Kier molecular flexibility index (Phi) is 6.30. The van der Waals surface area contributed by atoms with Gasteiger partial charge >= 0.3 is 29.3 Å². The fourth-order valence-electron chi connectivity index (χ4n) is 0.467. The number of hydrogen-bond donors (Lipinski definition) is 0. The van der Waals surface area contributed by atoms with Crippen LogP contribution in [0.4, 0.5) is 0 Å². The summed E-state index contributed by atoms with van der Waals surface area (Å²) in [5, 5.41) is 1.25. The van der Waals surface area contributed by atoms with Crippen molar-refractivity contribution in [1.82, 2.24) is 0 Å². The van der Waals surface area contributed by atoms with E-state index < -0.39 is 12.7 Å². The van der Waals surface area contributed by atoms with Crippen LogP contribution in [0.15, 0.2) is 0 Å². The van der Waals surface area contributed by atoms with Crippen LogP contribution >= 0.6 is 14.1 Å². The SMILES string of the molecule is CC(C)[CH2][Al]([Br])[O][AlH2]. The normalized spacial score (nSPS) is 10.0. The van der Waals surface area contributed by atoms with Gasteiger partial charge in [-0.25, -0.2) is 0 Å². The smallest absolute Gasteiger partial charge is 0.526 e. The van der Waals surface area contributed by atoms with Crippen molar-refractivity contribution in [2.24, 2.45) is 5.92 Å². The van der Waals surface area contributed by atoms with Gasteiger partial charge in [-0.1, -0.05) is 25.0 Å². The zero-order chi connectivity index (χ0) is 6.57. The van der Waals surface area contributed by atoms with E-state index in [9.17, 15) is 0 Å². The van der Waals surface area contributed by atoms with Crippen molar-refractivity contribution < 1.29 is 2.84 Å². The molecule has 0 aliphatic carbocycles. The number of rotatable bonds is 3. The van der Waals surface area contributed by atoms with E-state index >= 15 is 0 Å². The molecule has 0 aromatic carbocycles. The molecule has 0 spiro atoms. The minimum absolute atomic E-state index is 0.792. The Morgan fingerprint density at radius 2 is 2.25 bits per heavy atom. The molecule has 4 heteroatoms. The van der Waals surface area contributed by atoms with Crippen molar-refractivity contribution >= 4 is 43.3 Å². The Bertz CT molecular complexity index is 60.0. The lowest BCUT2D eigenvalue weighted by atomic mass is 10.3. The average Bonchev–Trinajstić information content (AvgIpc) is 1.65. The van der Waals surface area contributed by atoms with Gasteiger partial charge in [0, 0.05) is 0 Å². The summed E-state index contributed by atoms with van der Waals surface area (Å²) in [5.74, 6) is 0.792. The Morgan fingerprint density at radius 1 is 1.75 bits per heavy atom. The van der Waals surface area contributed by atoms with E-state index in [1.54, 1.807) is 0 Å². The first-order valence-corrected chi connectivity index (χ1v) is 8.12. The third-order valence-electron chi connectivity index (χ3n) is 0.912. The highest BCUT2D eigenvalue weighted by Gasteiger charge is 2.13. The van der Waals surface area contributed by atoms with E-state index in [1.165, 1.54) is 5.28 Å². The molecular weight excluding hydrogens is 198 g/mol. The lowest BCUT2D eigenvalue weighted by molar-refractivity contribution is 0.619. The van der Waals surface area contributed by atoms with Crippen molar-refractivity contribution in [1.29, 1.82) is 0 Å². The summed E-state index contributed by atoms with van der Waals surface area (Å²) in [6.07, 6.45) is 0. The second kappa shape index (κ2) is 5.30. The van der Waals surface area contributed by atoms with Crippen molar-refractivity contribution in [2.75, 3.05) is 0 Å². The van der Waals surface area contributed by atoms with Crippen LogP contribution in [-0.2, 0) is 2.84 Å². The summed E-state index contributed by atoms with van der Waals surface area (Å²) in [7, 11) is 0.